The monoisotopic (exact) mass is 337 g/mol. The molecule has 2 unspecified atom stereocenters. The topological polar surface area (TPSA) is 56.6 Å². The van der Waals surface area contributed by atoms with E-state index < -0.39 is 0 Å². The van der Waals surface area contributed by atoms with Crippen LogP contribution in [0.4, 0.5) is 0 Å². The molecular weight excluding hydrogens is 314 g/mol. The molecule has 0 amide bonds. The molecule has 2 heterocycles. The largest absolute Gasteiger partial charge is 0.493 e. The molecule has 0 bridgehead atoms. The summed E-state index contributed by atoms with van der Waals surface area (Å²) in [5, 5.41) is 0. The number of benzene rings is 1. The van der Waals surface area contributed by atoms with Gasteiger partial charge >= 0.3 is 0 Å². The van der Waals surface area contributed by atoms with Gasteiger partial charge in [-0.3, -0.25) is 15.0 Å². The van der Waals surface area contributed by atoms with Crippen LogP contribution in [0.3, 0.4) is 0 Å². The van der Waals surface area contributed by atoms with Gasteiger partial charge in [-0.15, -0.1) is 0 Å². The fraction of sp³-hybridized carbons (Fsp3) is 0.450. The van der Waals surface area contributed by atoms with Gasteiger partial charge in [-0.25, -0.2) is 0 Å². The zero-order valence-electron chi connectivity index (χ0n) is 15.0. The lowest BCUT2D eigenvalue weighted by Gasteiger charge is -2.35. The number of aliphatic imine (C=N–C) groups is 1. The van der Waals surface area contributed by atoms with Crippen LogP contribution >= 0.6 is 0 Å². The van der Waals surface area contributed by atoms with E-state index in [0.717, 1.165) is 40.6 Å². The van der Waals surface area contributed by atoms with Gasteiger partial charge in [0, 0.05) is 17.7 Å². The Morgan fingerprint density at radius 1 is 0.960 bits per heavy atom. The van der Waals surface area contributed by atoms with Gasteiger partial charge in [0.2, 0.25) is 0 Å². The van der Waals surface area contributed by atoms with Crippen LogP contribution in [0, 0.1) is 6.92 Å². The third kappa shape index (κ3) is 2.77. The number of aromatic nitrogens is 2. The van der Waals surface area contributed by atoms with Gasteiger partial charge in [0.25, 0.3) is 0 Å². The second kappa shape index (κ2) is 6.47. The first kappa shape index (κ1) is 16.1. The molecule has 0 spiro atoms. The van der Waals surface area contributed by atoms with Gasteiger partial charge < -0.3 is 9.47 Å². The molecule has 0 N–H and O–H groups in total. The second-order valence-electron chi connectivity index (χ2n) is 6.77. The van der Waals surface area contributed by atoms with Crippen molar-refractivity contribution in [1.29, 1.82) is 0 Å². The molecule has 5 nitrogen and oxygen atoms in total. The van der Waals surface area contributed by atoms with E-state index >= 15 is 0 Å². The van der Waals surface area contributed by atoms with Crippen molar-refractivity contribution >= 4 is 5.71 Å². The summed E-state index contributed by atoms with van der Waals surface area (Å²) in [5.74, 6) is 1.95. The summed E-state index contributed by atoms with van der Waals surface area (Å²) in [6.45, 7) is 1.94. The normalized spacial score (nSPS) is 21.8. The molecule has 0 radical (unpaired) electrons. The third-order valence-electron chi connectivity index (χ3n) is 5.26. The predicted molar refractivity (Wildman–Crippen MR) is 97.0 cm³/mol. The summed E-state index contributed by atoms with van der Waals surface area (Å²) in [6, 6.07) is 4.49. The average molecular weight is 337 g/mol. The van der Waals surface area contributed by atoms with Crippen molar-refractivity contribution < 1.29 is 9.47 Å². The van der Waals surface area contributed by atoms with Crippen LogP contribution in [-0.2, 0) is 0 Å². The molecule has 1 aromatic carbocycles. The van der Waals surface area contributed by atoms with Crippen molar-refractivity contribution in [3.8, 4) is 11.5 Å². The standard InChI is InChI=1S/C20H23N3O2/c1-12-10-22-17(11-21-12)20-15-9-19(25-3)18(24-2)8-14(15)13-6-4-5-7-16(13)23-20/h8-11,13,16H,4-7H2,1-3H3. The van der Waals surface area contributed by atoms with Crippen LogP contribution < -0.4 is 9.47 Å². The summed E-state index contributed by atoms with van der Waals surface area (Å²) in [6.07, 6.45) is 8.40. The first-order valence-corrected chi connectivity index (χ1v) is 8.84. The number of fused-ring (bicyclic) bond motifs is 3. The molecule has 130 valence electrons. The van der Waals surface area contributed by atoms with E-state index in [1.807, 2.05) is 19.2 Å². The average Bonchev–Trinajstić information content (AvgIpc) is 2.67. The van der Waals surface area contributed by atoms with E-state index in [1.54, 1.807) is 20.4 Å². The number of nitrogens with zero attached hydrogens (tertiary/aromatic N) is 3. The summed E-state index contributed by atoms with van der Waals surface area (Å²) in [7, 11) is 3.35. The number of aryl methyl sites for hydroxylation is 1. The lowest BCUT2D eigenvalue weighted by Crippen LogP contribution is -2.30. The highest BCUT2D eigenvalue weighted by Gasteiger charge is 2.35. The molecule has 2 aromatic rings. The number of ether oxygens (including phenoxy) is 2. The third-order valence-corrected chi connectivity index (χ3v) is 5.26. The Morgan fingerprint density at radius 3 is 2.44 bits per heavy atom. The molecule has 1 aliphatic heterocycles. The quantitative estimate of drug-likeness (QED) is 0.857. The molecule has 2 atom stereocenters. The van der Waals surface area contributed by atoms with Crippen molar-refractivity contribution in [2.75, 3.05) is 14.2 Å². The van der Waals surface area contributed by atoms with Crippen LogP contribution in [0.25, 0.3) is 0 Å². The Hall–Kier alpha value is -2.43. The minimum Gasteiger partial charge on any atom is -0.493 e. The molecular formula is C20H23N3O2. The van der Waals surface area contributed by atoms with Gasteiger partial charge in [-0.1, -0.05) is 12.8 Å². The number of hydrogen-bond donors (Lipinski definition) is 0. The second-order valence-corrected chi connectivity index (χ2v) is 6.77. The molecule has 1 aromatic heterocycles. The summed E-state index contributed by atoms with van der Waals surface area (Å²) >= 11 is 0. The van der Waals surface area contributed by atoms with E-state index in [2.05, 4.69) is 16.0 Å². The number of hydrogen-bond acceptors (Lipinski definition) is 5. The van der Waals surface area contributed by atoms with Crippen LogP contribution in [0.2, 0.25) is 0 Å². The SMILES string of the molecule is COc1cc2c(cc1OC)C1CCCCC1N=C2c1cnc(C)cn1. The maximum atomic E-state index is 5.55. The minimum absolute atomic E-state index is 0.317. The molecule has 0 saturated heterocycles. The zero-order valence-corrected chi connectivity index (χ0v) is 15.0. The molecule has 2 aliphatic rings. The first-order valence-electron chi connectivity index (χ1n) is 8.84. The Kier molecular flexibility index (Phi) is 4.15. The first-order chi connectivity index (χ1) is 12.2. The van der Waals surface area contributed by atoms with E-state index in [-0.39, 0.29) is 0 Å². The predicted octanol–water partition coefficient (Wildman–Crippen LogP) is 3.68. The summed E-state index contributed by atoms with van der Waals surface area (Å²) < 4.78 is 11.1. The lowest BCUT2D eigenvalue weighted by atomic mass is 9.75. The van der Waals surface area contributed by atoms with Gasteiger partial charge in [0.05, 0.1) is 37.9 Å². The summed E-state index contributed by atoms with van der Waals surface area (Å²) in [5.41, 5.74) is 5.05. The maximum absolute atomic E-state index is 5.55. The fourth-order valence-corrected chi connectivity index (χ4v) is 3.99. The van der Waals surface area contributed by atoms with Crippen LogP contribution in [-0.4, -0.2) is 35.9 Å². The van der Waals surface area contributed by atoms with Crippen molar-refractivity contribution in [3.63, 3.8) is 0 Å². The molecule has 1 aliphatic carbocycles. The van der Waals surface area contributed by atoms with Crippen LogP contribution in [0.5, 0.6) is 11.5 Å². The lowest BCUT2D eigenvalue weighted by molar-refractivity contribution is 0.349. The Bertz CT molecular complexity index is 814. The van der Waals surface area contributed by atoms with Crippen molar-refractivity contribution in [2.45, 2.75) is 44.6 Å². The molecule has 4 rings (SSSR count). The van der Waals surface area contributed by atoms with Gasteiger partial charge in [-0.05, 0) is 37.5 Å². The van der Waals surface area contributed by atoms with Crippen molar-refractivity contribution in [2.24, 2.45) is 4.99 Å². The molecule has 25 heavy (non-hydrogen) atoms. The molecule has 5 heteroatoms. The van der Waals surface area contributed by atoms with E-state index in [1.165, 1.54) is 24.8 Å². The number of rotatable bonds is 3. The maximum Gasteiger partial charge on any atom is 0.161 e. The smallest absolute Gasteiger partial charge is 0.161 e. The minimum atomic E-state index is 0.317. The van der Waals surface area contributed by atoms with Crippen molar-refractivity contribution in [3.05, 3.63) is 47.0 Å². The van der Waals surface area contributed by atoms with E-state index in [9.17, 15) is 0 Å². The summed E-state index contributed by atoms with van der Waals surface area (Å²) in [4.78, 5) is 14.1. The van der Waals surface area contributed by atoms with Gasteiger partial charge in [-0.2, -0.15) is 0 Å². The highest BCUT2D eigenvalue weighted by atomic mass is 16.5. The molecule has 1 fully saturated rings. The van der Waals surface area contributed by atoms with Gasteiger partial charge in [0.1, 0.15) is 5.69 Å². The highest BCUT2D eigenvalue weighted by molar-refractivity contribution is 6.13. The van der Waals surface area contributed by atoms with E-state index in [4.69, 9.17) is 14.5 Å². The highest BCUT2D eigenvalue weighted by Crippen LogP contribution is 2.44. The van der Waals surface area contributed by atoms with Gasteiger partial charge in [0.15, 0.2) is 11.5 Å². The fourth-order valence-electron chi connectivity index (χ4n) is 3.99. The molecule has 1 saturated carbocycles. The Balaban J connectivity index is 1.90. The number of methoxy groups -OCH3 is 2. The van der Waals surface area contributed by atoms with Crippen LogP contribution in [0.15, 0.2) is 29.5 Å². The van der Waals surface area contributed by atoms with Crippen LogP contribution in [0.1, 0.15) is 54.1 Å². The van der Waals surface area contributed by atoms with Crippen molar-refractivity contribution in [1.82, 2.24) is 9.97 Å². The Morgan fingerprint density at radius 2 is 1.72 bits per heavy atom. The Labute approximate surface area is 148 Å². The zero-order chi connectivity index (χ0) is 17.4. The van der Waals surface area contributed by atoms with E-state index in [0.29, 0.717) is 12.0 Å².